The van der Waals surface area contributed by atoms with Crippen LogP contribution >= 0.6 is 23.2 Å². The van der Waals surface area contributed by atoms with E-state index < -0.39 is 11.6 Å². The summed E-state index contributed by atoms with van der Waals surface area (Å²) in [5.41, 5.74) is 1.61. The molecule has 1 fully saturated rings. The van der Waals surface area contributed by atoms with Crippen LogP contribution in [0, 0.1) is 5.92 Å². The molecule has 0 spiro atoms. The number of rotatable bonds is 2. The molecule has 29 heavy (non-hydrogen) atoms. The van der Waals surface area contributed by atoms with Crippen molar-refractivity contribution in [2.24, 2.45) is 5.92 Å². The fourth-order valence-electron chi connectivity index (χ4n) is 4.89. The topological polar surface area (TPSA) is 71.2 Å². The van der Waals surface area contributed by atoms with Gasteiger partial charge in [0.2, 0.25) is 0 Å². The van der Waals surface area contributed by atoms with E-state index in [1.807, 2.05) is 21.7 Å². The van der Waals surface area contributed by atoms with E-state index in [0.29, 0.717) is 28.8 Å². The maximum absolute atomic E-state index is 12.8. The highest BCUT2D eigenvalue weighted by Crippen LogP contribution is 2.51. The Bertz CT molecular complexity index is 1110. The van der Waals surface area contributed by atoms with Gasteiger partial charge in [0.05, 0.1) is 22.3 Å². The zero-order valence-electron chi connectivity index (χ0n) is 15.8. The van der Waals surface area contributed by atoms with Gasteiger partial charge in [-0.2, -0.15) is 5.10 Å². The second kappa shape index (κ2) is 6.69. The Kier molecular flexibility index (Phi) is 4.35. The number of pyridine rings is 1. The summed E-state index contributed by atoms with van der Waals surface area (Å²) < 4.78 is 1.96. The minimum absolute atomic E-state index is 0.0891. The average molecular weight is 431 g/mol. The van der Waals surface area contributed by atoms with E-state index in [4.69, 9.17) is 23.2 Å². The maximum atomic E-state index is 12.8. The molecule has 150 valence electrons. The Hall–Kier alpha value is -2.15. The molecule has 5 rings (SSSR count). The average Bonchev–Trinajstić information content (AvgIpc) is 3.24. The minimum Gasteiger partial charge on any atom is -0.386 e. The van der Waals surface area contributed by atoms with Crippen LogP contribution in [0.4, 0.5) is 0 Å². The fraction of sp³-hybridized carbons (Fsp3) is 0.381. The number of aliphatic hydroxyl groups excluding tert-OH is 1. The minimum atomic E-state index is -0.683. The molecule has 2 aromatic heterocycles. The summed E-state index contributed by atoms with van der Waals surface area (Å²) in [6.45, 7) is 3.27. The van der Waals surface area contributed by atoms with Gasteiger partial charge < -0.3 is 10.0 Å². The highest BCUT2D eigenvalue weighted by Gasteiger charge is 2.50. The first-order chi connectivity index (χ1) is 13.9. The molecule has 1 N–H and O–H groups in total. The van der Waals surface area contributed by atoms with Crippen molar-refractivity contribution in [1.29, 1.82) is 0 Å². The Balaban J connectivity index is 1.38. The van der Waals surface area contributed by atoms with Gasteiger partial charge in [0, 0.05) is 35.3 Å². The lowest BCUT2D eigenvalue weighted by Gasteiger charge is -2.42. The van der Waals surface area contributed by atoms with Crippen LogP contribution in [-0.4, -0.2) is 43.8 Å². The molecule has 1 amide bonds. The van der Waals surface area contributed by atoms with Gasteiger partial charge in [-0.25, -0.2) is 4.98 Å². The molecule has 4 heterocycles. The standard InChI is InChI=1S/C21H20Cl2N4O2/c1-21(19(28)16-9-15(23)8-12-10-25-27(21)18(12)16)13-4-6-26(7-5-13)20(29)17-3-2-14(22)11-24-17/h2-3,8-11,13,19,28H,4-7H2,1H3/t19-,21?/m1/s1. The normalized spacial score (nSPS) is 24.4. The van der Waals surface area contributed by atoms with Crippen molar-refractivity contribution in [1.82, 2.24) is 19.7 Å². The number of aliphatic hydroxyl groups is 1. The molecule has 0 saturated carbocycles. The molecule has 6 nitrogen and oxygen atoms in total. The summed E-state index contributed by atoms with van der Waals surface area (Å²) in [5, 5.41) is 17.9. The van der Waals surface area contributed by atoms with E-state index in [1.54, 1.807) is 18.3 Å². The number of carbonyl (C=O) groups is 1. The lowest BCUT2D eigenvalue weighted by molar-refractivity contribution is -0.0139. The van der Waals surface area contributed by atoms with Crippen molar-refractivity contribution < 1.29 is 9.90 Å². The third-order valence-corrected chi connectivity index (χ3v) is 6.96. The zero-order chi connectivity index (χ0) is 20.3. The summed E-state index contributed by atoms with van der Waals surface area (Å²) >= 11 is 12.1. The number of halogens is 2. The fourth-order valence-corrected chi connectivity index (χ4v) is 5.24. The molecular weight excluding hydrogens is 411 g/mol. The third-order valence-electron chi connectivity index (χ3n) is 6.52. The van der Waals surface area contributed by atoms with Crippen LogP contribution in [0.15, 0.2) is 36.7 Å². The monoisotopic (exact) mass is 430 g/mol. The highest BCUT2D eigenvalue weighted by atomic mass is 35.5. The van der Waals surface area contributed by atoms with Crippen molar-refractivity contribution in [3.8, 4) is 0 Å². The Morgan fingerprint density at radius 1 is 1.17 bits per heavy atom. The van der Waals surface area contributed by atoms with E-state index in [0.717, 1.165) is 29.3 Å². The lowest BCUT2D eigenvalue weighted by atomic mass is 9.75. The van der Waals surface area contributed by atoms with Crippen molar-refractivity contribution in [3.05, 3.63) is 58.0 Å². The predicted octanol–water partition coefficient (Wildman–Crippen LogP) is 4.05. The predicted molar refractivity (Wildman–Crippen MR) is 111 cm³/mol. The number of carbonyl (C=O) groups excluding carboxylic acids is 1. The Morgan fingerprint density at radius 3 is 2.62 bits per heavy atom. The number of likely N-dealkylation sites (tertiary alicyclic amines) is 1. The van der Waals surface area contributed by atoms with E-state index in [-0.39, 0.29) is 11.8 Å². The molecule has 0 radical (unpaired) electrons. The molecule has 1 saturated heterocycles. The van der Waals surface area contributed by atoms with Crippen LogP contribution in [0.2, 0.25) is 10.0 Å². The number of hydrogen-bond acceptors (Lipinski definition) is 4. The SMILES string of the molecule is CC1(C2CCN(C(=O)c3ccc(Cl)cn3)CC2)[C@H](O)c2cc(Cl)cc3cnn1c23. The molecular formula is C21H20Cl2N4O2. The summed E-state index contributed by atoms with van der Waals surface area (Å²) in [5.74, 6) is 0.0859. The Morgan fingerprint density at radius 2 is 1.93 bits per heavy atom. The van der Waals surface area contributed by atoms with Crippen LogP contribution < -0.4 is 0 Å². The highest BCUT2D eigenvalue weighted by molar-refractivity contribution is 6.31. The summed E-state index contributed by atoms with van der Waals surface area (Å²) in [7, 11) is 0. The molecule has 3 aromatic rings. The number of aromatic nitrogens is 3. The van der Waals surface area contributed by atoms with Gasteiger partial charge in [-0.3, -0.25) is 9.48 Å². The largest absolute Gasteiger partial charge is 0.386 e. The van der Waals surface area contributed by atoms with Gasteiger partial charge in [-0.1, -0.05) is 23.2 Å². The summed E-state index contributed by atoms with van der Waals surface area (Å²) in [6.07, 6.45) is 4.16. The number of nitrogens with zero attached hydrogens (tertiary/aromatic N) is 4. The van der Waals surface area contributed by atoms with Gasteiger partial charge in [-0.15, -0.1) is 0 Å². The number of hydrogen-bond donors (Lipinski definition) is 1. The van der Waals surface area contributed by atoms with Gasteiger partial charge in [0.1, 0.15) is 11.8 Å². The lowest BCUT2D eigenvalue weighted by Crippen LogP contribution is -2.48. The van der Waals surface area contributed by atoms with Gasteiger partial charge in [0.15, 0.2) is 0 Å². The van der Waals surface area contributed by atoms with Crippen molar-refractivity contribution in [2.75, 3.05) is 13.1 Å². The molecule has 0 aliphatic carbocycles. The van der Waals surface area contributed by atoms with Crippen LogP contribution in [0.3, 0.4) is 0 Å². The van der Waals surface area contributed by atoms with Crippen LogP contribution in [-0.2, 0) is 5.54 Å². The number of piperidine rings is 1. The van der Waals surface area contributed by atoms with Gasteiger partial charge in [0.25, 0.3) is 5.91 Å². The molecule has 2 aliphatic rings. The molecule has 2 atom stereocenters. The molecule has 1 aromatic carbocycles. The van der Waals surface area contributed by atoms with Gasteiger partial charge >= 0.3 is 0 Å². The Labute approximate surface area is 178 Å². The quantitative estimate of drug-likeness (QED) is 0.665. The first-order valence-corrected chi connectivity index (χ1v) is 10.4. The van der Waals surface area contributed by atoms with Crippen LogP contribution in [0.1, 0.15) is 41.9 Å². The molecule has 2 aliphatic heterocycles. The molecule has 1 unspecified atom stereocenters. The number of benzene rings is 1. The summed E-state index contributed by atoms with van der Waals surface area (Å²) in [6, 6.07) is 7.04. The second-order valence-electron chi connectivity index (χ2n) is 8.05. The van der Waals surface area contributed by atoms with E-state index in [2.05, 4.69) is 17.0 Å². The van der Waals surface area contributed by atoms with E-state index in [1.165, 1.54) is 6.20 Å². The summed E-state index contributed by atoms with van der Waals surface area (Å²) in [4.78, 5) is 18.7. The third kappa shape index (κ3) is 2.77. The first kappa shape index (κ1) is 18.9. The molecule has 0 bridgehead atoms. The maximum Gasteiger partial charge on any atom is 0.272 e. The molecule has 8 heteroatoms. The smallest absolute Gasteiger partial charge is 0.272 e. The van der Waals surface area contributed by atoms with Crippen LogP contribution in [0.25, 0.3) is 10.9 Å². The van der Waals surface area contributed by atoms with Crippen molar-refractivity contribution in [3.63, 3.8) is 0 Å². The van der Waals surface area contributed by atoms with E-state index in [9.17, 15) is 9.90 Å². The van der Waals surface area contributed by atoms with Crippen molar-refractivity contribution in [2.45, 2.75) is 31.4 Å². The second-order valence-corrected chi connectivity index (χ2v) is 8.92. The number of amides is 1. The van der Waals surface area contributed by atoms with Gasteiger partial charge in [-0.05, 0) is 49.9 Å². The zero-order valence-corrected chi connectivity index (χ0v) is 17.4. The van der Waals surface area contributed by atoms with Crippen molar-refractivity contribution >= 4 is 40.0 Å². The first-order valence-electron chi connectivity index (χ1n) is 9.66. The van der Waals surface area contributed by atoms with E-state index >= 15 is 0 Å². The van der Waals surface area contributed by atoms with Crippen LogP contribution in [0.5, 0.6) is 0 Å².